The van der Waals surface area contributed by atoms with Crippen molar-refractivity contribution in [1.82, 2.24) is 29.4 Å². The van der Waals surface area contributed by atoms with Gasteiger partial charge in [0.05, 0.1) is 23.6 Å². The molecule has 3 aromatic heterocycles. The number of imidazole rings is 1. The number of piperazine rings is 1. The average molecular weight is 460 g/mol. The molecule has 1 saturated heterocycles. The lowest BCUT2D eigenvalue weighted by molar-refractivity contribution is 0.207. The molecule has 1 N–H and O–H groups in total. The van der Waals surface area contributed by atoms with Crippen LogP contribution in [0.5, 0.6) is 0 Å². The van der Waals surface area contributed by atoms with E-state index in [0.717, 1.165) is 74.1 Å². The molecule has 3 aromatic rings. The zero-order valence-electron chi connectivity index (χ0n) is 20.1. The van der Waals surface area contributed by atoms with Gasteiger partial charge in [0.1, 0.15) is 11.3 Å². The van der Waals surface area contributed by atoms with Crippen molar-refractivity contribution in [3.63, 3.8) is 0 Å². The Morgan fingerprint density at radius 2 is 1.76 bits per heavy atom. The third-order valence-electron chi connectivity index (χ3n) is 7.72. The van der Waals surface area contributed by atoms with Gasteiger partial charge in [0.2, 0.25) is 11.9 Å². The van der Waals surface area contributed by atoms with Crippen molar-refractivity contribution in [3.8, 4) is 0 Å². The van der Waals surface area contributed by atoms with Crippen LogP contribution in [0.2, 0.25) is 0 Å². The normalized spacial score (nSPS) is 20.3. The summed E-state index contributed by atoms with van der Waals surface area (Å²) in [5, 5.41) is 3.30. The minimum Gasteiger partial charge on any atom is -0.368 e. The molecule has 0 amide bonds. The number of anilines is 3. The molecule has 9 nitrogen and oxygen atoms in total. The minimum atomic E-state index is 0.0508. The van der Waals surface area contributed by atoms with Gasteiger partial charge >= 0.3 is 0 Å². The van der Waals surface area contributed by atoms with Crippen LogP contribution in [0.25, 0.3) is 11.2 Å². The summed E-state index contributed by atoms with van der Waals surface area (Å²) in [5.74, 6) is 2.05. The lowest BCUT2D eigenvalue weighted by atomic mass is 9.79. The first-order valence-electron chi connectivity index (χ1n) is 12.6. The van der Waals surface area contributed by atoms with Crippen LogP contribution in [0.4, 0.5) is 23.4 Å². The molecular formula is C25H33N9. The third-order valence-corrected chi connectivity index (χ3v) is 7.72. The van der Waals surface area contributed by atoms with Gasteiger partial charge in [-0.05, 0) is 38.8 Å². The monoisotopic (exact) mass is 459 g/mol. The van der Waals surface area contributed by atoms with E-state index in [1.54, 1.807) is 6.20 Å². The summed E-state index contributed by atoms with van der Waals surface area (Å²) in [4.78, 5) is 28.3. The van der Waals surface area contributed by atoms with Gasteiger partial charge in [-0.15, -0.1) is 0 Å². The molecule has 0 unspecified atom stereocenters. The predicted octanol–water partition coefficient (Wildman–Crippen LogP) is 4.26. The number of fused-ring (bicyclic) bond motifs is 4. The Bertz CT molecular complexity index is 1180. The summed E-state index contributed by atoms with van der Waals surface area (Å²) in [5.41, 5.74) is 2.88. The Morgan fingerprint density at radius 1 is 0.941 bits per heavy atom. The summed E-state index contributed by atoms with van der Waals surface area (Å²) in [6.45, 7) is 8.77. The molecule has 0 radical (unpaired) electrons. The van der Waals surface area contributed by atoms with Crippen molar-refractivity contribution in [2.75, 3.05) is 36.4 Å². The van der Waals surface area contributed by atoms with E-state index in [1.165, 1.54) is 19.3 Å². The summed E-state index contributed by atoms with van der Waals surface area (Å²) < 4.78 is 2.28. The van der Waals surface area contributed by atoms with Gasteiger partial charge in [-0.3, -0.25) is 9.47 Å². The standard InChI is InChI=1S/C25H33N9/c1-18(2)32-12-14-33(15-13-32)19-6-7-21(27-16-19)30-23-28-17-20-22(31-23)34-24(29-20)26-11-10-25(34)8-4-3-5-9-25/h6-7,11,16-18H,3-5,8-10,12-15H2,1-2H3,(H,27,28,30,31). The van der Waals surface area contributed by atoms with Crippen molar-refractivity contribution in [1.29, 1.82) is 0 Å². The van der Waals surface area contributed by atoms with E-state index in [-0.39, 0.29) is 5.54 Å². The summed E-state index contributed by atoms with van der Waals surface area (Å²) in [7, 11) is 0. The van der Waals surface area contributed by atoms with Crippen LogP contribution in [0.15, 0.2) is 29.5 Å². The molecule has 1 spiro atoms. The van der Waals surface area contributed by atoms with Crippen LogP contribution in [-0.4, -0.2) is 67.8 Å². The Morgan fingerprint density at radius 3 is 2.50 bits per heavy atom. The van der Waals surface area contributed by atoms with Crippen molar-refractivity contribution < 1.29 is 0 Å². The first-order valence-corrected chi connectivity index (χ1v) is 12.6. The number of hydrogen-bond acceptors (Lipinski definition) is 8. The van der Waals surface area contributed by atoms with Crippen LogP contribution >= 0.6 is 0 Å². The minimum absolute atomic E-state index is 0.0508. The van der Waals surface area contributed by atoms with Crippen LogP contribution in [0, 0.1) is 0 Å². The predicted molar refractivity (Wildman–Crippen MR) is 136 cm³/mol. The van der Waals surface area contributed by atoms with Gasteiger partial charge in [0.25, 0.3) is 0 Å². The van der Waals surface area contributed by atoms with E-state index in [4.69, 9.17) is 9.97 Å². The largest absolute Gasteiger partial charge is 0.368 e. The molecule has 2 fully saturated rings. The third kappa shape index (κ3) is 3.81. The number of nitrogens with one attached hydrogen (secondary N) is 1. The molecule has 3 aliphatic rings. The maximum absolute atomic E-state index is 4.88. The lowest BCUT2D eigenvalue weighted by Gasteiger charge is -2.39. The van der Waals surface area contributed by atoms with Crippen LogP contribution in [0.1, 0.15) is 52.4 Å². The molecule has 34 heavy (non-hydrogen) atoms. The number of rotatable bonds is 4. The number of aromatic nitrogens is 5. The second-order valence-electron chi connectivity index (χ2n) is 10.1. The highest BCUT2D eigenvalue weighted by Crippen LogP contribution is 2.43. The van der Waals surface area contributed by atoms with Crippen LogP contribution in [-0.2, 0) is 5.54 Å². The Labute approximate surface area is 200 Å². The van der Waals surface area contributed by atoms with Gasteiger partial charge < -0.3 is 10.2 Å². The maximum Gasteiger partial charge on any atom is 0.232 e. The highest BCUT2D eigenvalue weighted by atomic mass is 15.3. The quantitative estimate of drug-likeness (QED) is 0.624. The molecule has 1 saturated carbocycles. The van der Waals surface area contributed by atoms with E-state index < -0.39 is 0 Å². The second kappa shape index (κ2) is 8.61. The second-order valence-corrected chi connectivity index (χ2v) is 10.1. The van der Waals surface area contributed by atoms with Crippen molar-refractivity contribution >= 4 is 40.8 Å². The molecular weight excluding hydrogens is 426 g/mol. The molecule has 0 bridgehead atoms. The topological polar surface area (TPSA) is 87.4 Å². The Balaban J connectivity index is 1.22. The van der Waals surface area contributed by atoms with Gasteiger partial charge in [0, 0.05) is 44.9 Å². The van der Waals surface area contributed by atoms with Gasteiger partial charge in [-0.25, -0.2) is 19.9 Å². The zero-order chi connectivity index (χ0) is 23.1. The highest BCUT2D eigenvalue weighted by Gasteiger charge is 2.38. The Hall–Kier alpha value is -3.07. The SMILES string of the molecule is CC(C)N1CCN(c2ccc(Nc3ncc4nc5n(c4n3)C3(CC=N5)CCCCC3)nc2)CC1. The first-order chi connectivity index (χ1) is 16.6. The molecule has 1 aliphatic carbocycles. The molecule has 178 valence electrons. The molecule has 0 atom stereocenters. The van der Waals surface area contributed by atoms with Gasteiger partial charge in [-0.2, -0.15) is 4.98 Å². The highest BCUT2D eigenvalue weighted by molar-refractivity contribution is 5.78. The maximum atomic E-state index is 4.88. The summed E-state index contributed by atoms with van der Waals surface area (Å²) in [6, 6.07) is 4.74. The molecule has 6 rings (SSSR count). The average Bonchev–Trinajstić information content (AvgIpc) is 3.25. The first kappa shape index (κ1) is 21.5. The number of pyridine rings is 1. The molecule has 9 heteroatoms. The summed E-state index contributed by atoms with van der Waals surface area (Å²) >= 11 is 0. The fraction of sp³-hybridized carbons (Fsp3) is 0.560. The van der Waals surface area contributed by atoms with Gasteiger partial charge in [-0.1, -0.05) is 19.3 Å². The number of nitrogens with zero attached hydrogens (tertiary/aromatic N) is 8. The van der Waals surface area contributed by atoms with E-state index in [0.29, 0.717) is 12.0 Å². The van der Waals surface area contributed by atoms with E-state index in [2.05, 4.69) is 54.6 Å². The zero-order valence-corrected chi connectivity index (χ0v) is 20.1. The van der Waals surface area contributed by atoms with E-state index in [9.17, 15) is 0 Å². The number of aliphatic imine (C=N–C) groups is 1. The smallest absolute Gasteiger partial charge is 0.232 e. The molecule has 0 aromatic carbocycles. The molecule has 2 aliphatic heterocycles. The fourth-order valence-corrected chi connectivity index (χ4v) is 5.73. The Kier molecular flexibility index (Phi) is 5.44. The number of hydrogen-bond donors (Lipinski definition) is 1. The van der Waals surface area contributed by atoms with Crippen molar-refractivity contribution in [2.24, 2.45) is 4.99 Å². The lowest BCUT2D eigenvalue weighted by Crippen LogP contribution is -2.48. The van der Waals surface area contributed by atoms with Crippen molar-refractivity contribution in [2.45, 2.75) is 64.0 Å². The van der Waals surface area contributed by atoms with Crippen LogP contribution in [0.3, 0.4) is 0 Å². The van der Waals surface area contributed by atoms with Crippen molar-refractivity contribution in [3.05, 3.63) is 24.5 Å². The fourth-order valence-electron chi connectivity index (χ4n) is 5.73. The van der Waals surface area contributed by atoms with Crippen LogP contribution < -0.4 is 10.2 Å². The van der Waals surface area contributed by atoms with E-state index >= 15 is 0 Å². The van der Waals surface area contributed by atoms with E-state index in [1.807, 2.05) is 18.5 Å². The molecule has 5 heterocycles. The summed E-state index contributed by atoms with van der Waals surface area (Å²) in [6.07, 6.45) is 12.8. The van der Waals surface area contributed by atoms with Gasteiger partial charge in [0.15, 0.2) is 5.65 Å².